The van der Waals surface area contributed by atoms with E-state index in [-0.39, 0.29) is 11.6 Å². The Kier molecular flexibility index (Phi) is 4.01. The standard InChI is InChI=1S/C13H11BrN2O3/c1-18-13(17)11-7-6-10(15)12(16-11)19-9-4-2-8(14)3-5-9/h2-7H,15H2,1H3. The Hall–Kier alpha value is -2.08. The highest BCUT2D eigenvalue weighted by Crippen LogP contribution is 2.26. The number of rotatable bonds is 3. The molecule has 0 atom stereocenters. The molecule has 6 heteroatoms. The predicted octanol–water partition coefficient (Wildman–Crippen LogP) is 3.01. The minimum atomic E-state index is -0.541. The van der Waals surface area contributed by atoms with Crippen LogP contribution in [0.25, 0.3) is 0 Å². The van der Waals surface area contributed by atoms with Gasteiger partial charge in [-0.2, -0.15) is 0 Å². The van der Waals surface area contributed by atoms with Crippen molar-refractivity contribution in [2.24, 2.45) is 0 Å². The van der Waals surface area contributed by atoms with Crippen LogP contribution >= 0.6 is 15.9 Å². The summed E-state index contributed by atoms with van der Waals surface area (Å²) in [5.41, 5.74) is 6.25. The lowest BCUT2D eigenvalue weighted by molar-refractivity contribution is 0.0593. The Morgan fingerprint density at radius 1 is 1.21 bits per heavy atom. The van der Waals surface area contributed by atoms with E-state index in [0.29, 0.717) is 11.4 Å². The molecule has 0 spiro atoms. The highest BCUT2D eigenvalue weighted by atomic mass is 79.9. The summed E-state index contributed by atoms with van der Waals surface area (Å²) in [6.45, 7) is 0. The maximum Gasteiger partial charge on any atom is 0.356 e. The third-order valence-electron chi connectivity index (χ3n) is 2.31. The van der Waals surface area contributed by atoms with Gasteiger partial charge in [-0.3, -0.25) is 0 Å². The number of carbonyl (C=O) groups is 1. The topological polar surface area (TPSA) is 74.4 Å². The van der Waals surface area contributed by atoms with Crippen molar-refractivity contribution in [2.45, 2.75) is 0 Å². The molecule has 0 bridgehead atoms. The van der Waals surface area contributed by atoms with Gasteiger partial charge in [-0.05, 0) is 36.4 Å². The Balaban J connectivity index is 2.28. The maximum atomic E-state index is 11.4. The Bertz CT molecular complexity index is 599. The quantitative estimate of drug-likeness (QED) is 0.879. The van der Waals surface area contributed by atoms with Crippen molar-refractivity contribution in [1.82, 2.24) is 4.98 Å². The lowest BCUT2D eigenvalue weighted by Gasteiger charge is -2.08. The molecule has 1 aromatic carbocycles. The van der Waals surface area contributed by atoms with Gasteiger partial charge >= 0.3 is 5.97 Å². The van der Waals surface area contributed by atoms with Crippen LogP contribution in [-0.4, -0.2) is 18.1 Å². The van der Waals surface area contributed by atoms with Gasteiger partial charge in [0.2, 0.25) is 5.88 Å². The molecule has 2 rings (SSSR count). The molecule has 0 aliphatic heterocycles. The fourth-order valence-corrected chi connectivity index (χ4v) is 1.63. The first-order valence-corrected chi connectivity index (χ1v) is 6.17. The predicted molar refractivity (Wildman–Crippen MR) is 74.2 cm³/mol. The number of pyridine rings is 1. The molecule has 0 aliphatic carbocycles. The molecule has 0 saturated heterocycles. The number of nitrogen functional groups attached to an aromatic ring is 1. The van der Waals surface area contributed by atoms with E-state index in [1.807, 2.05) is 12.1 Å². The number of nitrogens with zero attached hydrogens (tertiary/aromatic N) is 1. The number of hydrogen-bond donors (Lipinski definition) is 1. The van der Waals surface area contributed by atoms with Gasteiger partial charge in [0.15, 0.2) is 5.69 Å². The second-order valence-electron chi connectivity index (χ2n) is 3.64. The Labute approximate surface area is 118 Å². The second kappa shape index (κ2) is 5.71. The summed E-state index contributed by atoms with van der Waals surface area (Å²) in [5.74, 6) is 0.204. The van der Waals surface area contributed by atoms with Crippen LogP contribution in [0.15, 0.2) is 40.9 Å². The molecule has 2 aromatic rings. The fourth-order valence-electron chi connectivity index (χ4n) is 1.37. The zero-order chi connectivity index (χ0) is 13.8. The monoisotopic (exact) mass is 322 g/mol. The van der Waals surface area contributed by atoms with Crippen molar-refractivity contribution >= 4 is 27.6 Å². The highest BCUT2D eigenvalue weighted by molar-refractivity contribution is 9.10. The van der Waals surface area contributed by atoms with E-state index in [1.54, 1.807) is 18.2 Å². The van der Waals surface area contributed by atoms with Crippen LogP contribution in [0.2, 0.25) is 0 Å². The zero-order valence-corrected chi connectivity index (χ0v) is 11.7. The molecule has 0 amide bonds. The maximum absolute atomic E-state index is 11.4. The summed E-state index contributed by atoms with van der Waals surface area (Å²) < 4.78 is 11.1. The molecule has 0 saturated carbocycles. The number of methoxy groups -OCH3 is 1. The SMILES string of the molecule is COC(=O)c1ccc(N)c(Oc2ccc(Br)cc2)n1. The molecular formula is C13H11BrN2O3. The van der Waals surface area contributed by atoms with Crippen LogP contribution in [0.5, 0.6) is 11.6 Å². The number of esters is 1. The molecule has 0 aliphatic rings. The van der Waals surface area contributed by atoms with Crippen LogP contribution < -0.4 is 10.5 Å². The van der Waals surface area contributed by atoms with E-state index in [4.69, 9.17) is 10.5 Å². The van der Waals surface area contributed by atoms with E-state index < -0.39 is 5.97 Å². The van der Waals surface area contributed by atoms with Gasteiger partial charge in [-0.25, -0.2) is 9.78 Å². The number of carbonyl (C=O) groups excluding carboxylic acids is 1. The molecule has 5 nitrogen and oxygen atoms in total. The summed E-state index contributed by atoms with van der Waals surface area (Å²) in [7, 11) is 1.29. The summed E-state index contributed by atoms with van der Waals surface area (Å²) in [6.07, 6.45) is 0. The molecule has 1 aromatic heterocycles. The average Bonchev–Trinajstić information content (AvgIpc) is 2.43. The third kappa shape index (κ3) is 3.23. The number of benzene rings is 1. The lowest BCUT2D eigenvalue weighted by atomic mass is 10.3. The van der Waals surface area contributed by atoms with Crippen LogP contribution in [0.3, 0.4) is 0 Å². The third-order valence-corrected chi connectivity index (χ3v) is 2.84. The molecule has 0 unspecified atom stereocenters. The van der Waals surface area contributed by atoms with Gasteiger partial charge in [0, 0.05) is 4.47 Å². The van der Waals surface area contributed by atoms with Gasteiger partial charge in [-0.1, -0.05) is 15.9 Å². The second-order valence-corrected chi connectivity index (χ2v) is 4.55. The number of anilines is 1. The molecule has 0 radical (unpaired) electrons. The largest absolute Gasteiger partial charge is 0.464 e. The van der Waals surface area contributed by atoms with E-state index in [9.17, 15) is 4.79 Å². The number of halogens is 1. The van der Waals surface area contributed by atoms with Gasteiger partial charge in [-0.15, -0.1) is 0 Å². The fraction of sp³-hybridized carbons (Fsp3) is 0.0769. The van der Waals surface area contributed by atoms with Crippen molar-refractivity contribution < 1.29 is 14.3 Å². The summed E-state index contributed by atoms with van der Waals surface area (Å²) in [4.78, 5) is 15.4. The first kappa shape index (κ1) is 13.4. The zero-order valence-electron chi connectivity index (χ0n) is 10.1. The van der Waals surface area contributed by atoms with E-state index >= 15 is 0 Å². The van der Waals surface area contributed by atoms with Gasteiger partial charge in [0.05, 0.1) is 12.8 Å². The Morgan fingerprint density at radius 2 is 1.89 bits per heavy atom. The van der Waals surface area contributed by atoms with Crippen molar-refractivity contribution in [1.29, 1.82) is 0 Å². The molecular weight excluding hydrogens is 312 g/mol. The lowest BCUT2D eigenvalue weighted by Crippen LogP contribution is -2.06. The van der Waals surface area contributed by atoms with Crippen molar-refractivity contribution in [3.63, 3.8) is 0 Å². The summed E-state index contributed by atoms with van der Waals surface area (Å²) in [5, 5.41) is 0. The van der Waals surface area contributed by atoms with E-state index in [0.717, 1.165) is 4.47 Å². The first-order chi connectivity index (χ1) is 9.10. The number of nitrogens with two attached hydrogens (primary N) is 1. The minimum Gasteiger partial charge on any atom is -0.464 e. The van der Waals surface area contributed by atoms with Crippen molar-refractivity contribution in [3.05, 3.63) is 46.6 Å². The molecule has 98 valence electrons. The van der Waals surface area contributed by atoms with Crippen molar-refractivity contribution in [3.8, 4) is 11.6 Å². The minimum absolute atomic E-state index is 0.142. The molecule has 19 heavy (non-hydrogen) atoms. The molecule has 0 fully saturated rings. The van der Waals surface area contributed by atoms with Gasteiger partial charge in [0.25, 0.3) is 0 Å². The van der Waals surface area contributed by atoms with Gasteiger partial charge < -0.3 is 15.2 Å². The van der Waals surface area contributed by atoms with Gasteiger partial charge in [0.1, 0.15) is 5.75 Å². The normalized spacial score (nSPS) is 10.0. The summed E-state index contributed by atoms with van der Waals surface area (Å²) in [6, 6.07) is 10.2. The highest BCUT2D eigenvalue weighted by Gasteiger charge is 2.11. The first-order valence-electron chi connectivity index (χ1n) is 5.38. The van der Waals surface area contributed by atoms with Crippen molar-refractivity contribution in [2.75, 3.05) is 12.8 Å². The van der Waals surface area contributed by atoms with E-state index in [1.165, 1.54) is 13.2 Å². The number of hydrogen-bond acceptors (Lipinski definition) is 5. The summed E-state index contributed by atoms with van der Waals surface area (Å²) >= 11 is 3.33. The van der Waals surface area contributed by atoms with Crippen LogP contribution in [0, 0.1) is 0 Å². The molecule has 2 N–H and O–H groups in total. The Morgan fingerprint density at radius 3 is 2.53 bits per heavy atom. The van der Waals surface area contributed by atoms with E-state index in [2.05, 4.69) is 25.7 Å². The van der Waals surface area contributed by atoms with Crippen LogP contribution in [-0.2, 0) is 4.74 Å². The number of ether oxygens (including phenoxy) is 2. The van der Waals surface area contributed by atoms with Crippen LogP contribution in [0.1, 0.15) is 10.5 Å². The number of aromatic nitrogens is 1. The smallest absolute Gasteiger partial charge is 0.356 e. The molecule has 1 heterocycles. The van der Waals surface area contributed by atoms with Crippen LogP contribution in [0.4, 0.5) is 5.69 Å². The average molecular weight is 323 g/mol.